The molecule has 0 spiro atoms. The number of fused-ring (bicyclic) bond motifs is 2. The first-order chi connectivity index (χ1) is 16.0. The van der Waals surface area contributed by atoms with Gasteiger partial charge in [-0.25, -0.2) is 0 Å². The van der Waals surface area contributed by atoms with E-state index in [4.69, 9.17) is 23.7 Å². The summed E-state index contributed by atoms with van der Waals surface area (Å²) in [5.41, 5.74) is 2.56. The van der Waals surface area contributed by atoms with E-state index in [1.807, 2.05) is 18.2 Å². The maximum atomic E-state index is 12.8. The number of hydrogen-bond donors (Lipinski definition) is 0. The van der Waals surface area contributed by atoms with Gasteiger partial charge >= 0.3 is 5.97 Å². The number of rotatable bonds is 5. The van der Waals surface area contributed by atoms with Gasteiger partial charge in [0.25, 0.3) is 0 Å². The number of hydrogen-bond acceptors (Lipinski definition) is 7. The molecule has 2 heterocycles. The van der Waals surface area contributed by atoms with Crippen LogP contribution in [0.2, 0.25) is 0 Å². The monoisotopic (exact) mass is 444 g/mol. The van der Waals surface area contributed by atoms with Crippen molar-refractivity contribution in [2.24, 2.45) is 0 Å². The Balaban J connectivity index is 1.33. The van der Waals surface area contributed by atoms with Crippen LogP contribution in [-0.4, -0.2) is 25.7 Å². The zero-order chi connectivity index (χ0) is 22.9. The highest BCUT2D eigenvalue weighted by Gasteiger charge is 2.30. The van der Waals surface area contributed by atoms with Gasteiger partial charge in [-0.1, -0.05) is 18.2 Å². The summed E-state index contributed by atoms with van der Waals surface area (Å²) in [4.78, 5) is 25.3. The van der Waals surface area contributed by atoms with E-state index >= 15 is 0 Å². The average Bonchev–Trinajstić information content (AvgIpc) is 3.41. The first-order valence-corrected chi connectivity index (χ1v) is 10.3. The summed E-state index contributed by atoms with van der Waals surface area (Å²) in [6, 6.07) is 15.8. The first kappa shape index (κ1) is 20.6. The topological polar surface area (TPSA) is 80.3 Å². The Morgan fingerprint density at radius 1 is 1.03 bits per heavy atom. The quantitative estimate of drug-likeness (QED) is 0.326. The van der Waals surface area contributed by atoms with Crippen LogP contribution in [0.1, 0.15) is 27.0 Å². The van der Waals surface area contributed by atoms with Crippen molar-refractivity contribution in [2.45, 2.75) is 13.3 Å². The van der Waals surface area contributed by atoms with Gasteiger partial charge in [0, 0.05) is 5.56 Å². The molecule has 0 radical (unpaired) electrons. The molecule has 0 saturated heterocycles. The first-order valence-electron chi connectivity index (χ1n) is 10.3. The SMILES string of the molecule is COc1ccc(CC(=O)Oc2ccc3c(c2C)O/C(=C\c2ccc4c(c2)OCO4)C3=O)cc1. The molecular formula is C26H20O7. The predicted octanol–water partition coefficient (Wildman–Crippen LogP) is 4.50. The summed E-state index contributed by atoms with van der Waals surface area (Å²) in [6.45, 7) is 1.93. The summed E-state index contributed by atoms with van der Waals surface area (Å²) in [7, 11) is 1.59. The van der Waals surface area contributed by atoms with Crippen molar-refractivity contribution in [3.8, 4) is 28.7 Å². The number of methoxy groups -OCH3 is 1. The number of benzene rings is 3. The van der Waals surface area contributed by atoms with Crippen molar-refractivity contribution >= 4 is 17.8 Å². The maximum absolute atomic E-state index is 12.8. The van der Waals surface area contributed by atoms with Crippen LogP contribution in [0.4, 0.5) is 0 Å². The van der Waals surface area contributed by atoms with Gasteiger partial charge in [0.05, 0.1) is 19.1 Å². The van der Waals surface area contributed by atoms with Crippen LogP contribution in [0.15, 0.2) is 60.4 Å². The van der Waals surface area contributed by atoms with E-state index in [1.165, 1.54) is 0 Å². The second-order valence-corrected chi connectivity index (χ2v) is 7.62. The van der Waals surface area contributed by atoms with E-state index < -0.39 is 5.97 Å². The molecule has 33 heavy (non-hydrogen) atoms. The van der Waals surface area contributed by atoms with Crippen molar-refractivity contribution in [3.05, 3.63) is 82.6 Å². The normalized spacial score (nSPS) is 14.7. The Kier molecular flexibility index (Phi) is 5.22. The largest absolute Gasteiger partial charge is 0.497 e. The highest BCUT2D eigenvalue weighted by molar-refractivity contribution is 6.15. The summed E-state index contributed by atoms with van der Waals surface area (Å²) in [5, 5.41) is 0. The highest BCUT2D eigenvalue weighted by atomic mass is 16.7. The van der Waals surface area contributed by atoms with Crippen molar-refractivity contribution < 1.29 is 33.3 Å². The summed E-state index contributed by atoms with van der Waals surface area (Å²) >= 11 is 0. The summed E-state index contributed by atoms with van der Waals surface area (Å²) in [5.74, 6) is 2.28. The molecule has 0 atom stereocenters. The van der Waals surface area contributed by atoms with Gasteiger partial charge in [-0.15, -0.1) is 0 Å². The highest BCUT2D eigenvalue weighted by Crippen LogP contribution is 2.40. The molecule has 0 bridgehead atoms. The zero-order valence-electron chi connectivity index (χ0n) is 18.0. The minimum atomic E-state index is -0.413. The number of allylic oxidation sites excluding steroid dienone is 1. The van der Waals surface area contributed by atoms with Crippen molar-refractivity contribution in [3.63, 3.8) is 0 Å². The van der Waals surface area contributed by atoms with Gasteiger partial charge in [0.2, 0.25) is 12.6 Å². The lowest BCUT2D eigenvalue weighted by Gasteiger charge is -2.10. The average molecular weight is 444 g/mol. The van der Waals surface area contributed by atoms with E-state index in [2.05, 4.69) is 0 Å². The fourth-order valence-electron chi connectivity index (χ4n) is 3.70. The second-order valence-electron chi connectivity index (χ2n) is 7.62. The van der Waals surface area contributed by atoms with Gasteiger partial charge in [-0.2, -0.15) is 0 Å². The molecule has 166 valence electrons. The lowest BCUT2D eigenvalue weighted by atomic mass is 10.1. The fourth-order valence-corrected chi connectivity index (χ4v) is 3.70. The van der Waals surface area contributed by atoms with Gasteiger partial charge < -0.3 is 23.7 Å². The van der Waals surface area contributed by atoms with E-state index in [0.717, 1.165) is 11.1 Å². The molecule has 0 saturated carbocycles. The smallest absolute Gasteiger partial charge is 0.315 e. The van der Waals surface area contributed by atoms with Gasteiger partial charge in [0.1, 0.15) is 17.2 Å². The molecule has 0 unspecified atom stereocenters. The molecule has 2 aliphatic rings. The van der Waals surface area contributed by atoms with Crippen LogP contribution in [0.5, 0.6) is 28.7 Å². The molecule has 0 fully saturated rings. The minimum Gasteiger partial charge on any atom is -0.497 e. The Morgan fingerprint density at radius 3 is 2.61 bits per heavy atom. The second kappa shape index (κ2) is 8.35. The molecule has 0 aromatic heterocycles. The summed E-state index contributed by atoms with van der Waals surface area (Å²) < 4.78 is 27.3. The summed E-state index contributed by atoms with van der Waals surface area (Å²) in [6.07, 6.45) is 1.76. The molecule has 7 heteroatoms. The minimum absolute atomic E-state index is 0.107. The molecule has 0 N–H and O–H groups in total. The van der Waals surface area contributed by atoms with Crippen molar-refractivity contribution in [2.75, 3.05) is 13.9 Å². The van der Waals surface area contributed by atoms with E-state index in [0.29, 0.717) is 39.9 Å². The maximum Gasteiger partial charge on any atom is 0.315 e. The zero-order valence-corrected chi connectivity index (χ0v) is 18.0. The lowest BCUT2D eigenvalue weighted by Crippen LogP contribution is -2.12. The third-order valence-corrected chi connectivity index (χ3v) is 5.46. The Morgan fingerprint density at radius 2 is 1.82 bits per heavy atom. The molecule has 2 aliphatic heterocycles. The number of ketones is 1. The van der Waals surface area contributed by atoms with Gasteiger partial charge in [-0.05, 0) is 60.5 Å². The lowest BCUT2D eigenvalue weighted by molar-refractivity contribution is -0.133. The standard InChI is InChI=1S/C26H20O7/c1-15-20(32-24(27)13-16-3-6-18(29-2)7-4-16)10-8-19-25(28)23(33-26(15)19)12-17-5-9-21-22(11-17)31-14-30-21/h3-12H,13-14H2,1-2H3/b23-12-. The Bertz CT molecular complexity index is 1290. The van der Waals surface area contributed by atoms with Gasteiger partial charge in [0.15, 0.2) is 17.3 Å². The molecular weight excluding hydrogens is 424 g/mol. The van der Waals surface area contributed by atoms with Crippen LogP contribution >= 0.6 is 0 Å². The van der Waals surface area contributed by atoms with Crippen LogP contribution < -0.4 is 23.7 Å². The van der Waals surface area contributed by atoms with Gasteiger partial charge in [-0.3, -0.25) is 9.59 Å². The van der Waals surface area contributed by atoms with Crippen LogP contribution in [-0.2, 0) is 11.2 Å². The molecule has 7 nitrogen and oxygen atoms in total. The van der Waals surface area contributed by atoms with E-state index in [1.54, 1.807) is 56.5 Å². The number of Topliss-reactive ketones (excluding diaryl/α,β-unsaturated/α-hetero) is 1. The number of carbonyl (C=O) groups is 2. The number of esters is 1. The van der Waals surface area contributed by atoms with Crippen LogP contribution in [0.25, 0.3) is 6.08 Å². The molecule has 0 amide bonds. The molecule has 5 rings (SSSR count). The van der Waals surface area contributed by atoms with E-state index in [-0.39, 0.29) is 24.8 Å². The number of carbonyl (C=O) groups excluding carboxylic acids is 2. The van der Waals surface area contributed by atoms with Crippen LogP contribution in [0, 0.1) is 6.92 Å². The van der Waals surface area contributed by atoms with Crippen molar-refractivity contribution in [1.82, 2.24) is 0 Å². The predicted molar refractivity (Wildman–Crippen MR) is 119 cm³/mol. The molecule has 3 aromatic carbocycles. The Hall–Kier alpha value is -4.26. The molecule has 3 aromatic rings. The number of ether oxygens (including phenoxy) is 5. The van der Waals surface area contributed by atoms with Crippen molar-refractivity contribution in [1.29, 1.82) is 0 Å². The molecule has 0 aliphatic carbocycles. The Labute approximate surface area is 190 Å². The fraction of sp³-hybridized carbons (Fsp3) is 0.154. The third-order valence-electron chi connectivity index (χ3n) is 5.46. The van der Waals surface area contributed by atoms with E-state index in [9.17, 15) is 9.59 Å². The van der Waals surface area contributed by atoms with Crippen LogP contribution in [0.3, 0.4) is 0 Å². The third kappa shape index (κ3) is 4.01.